The Morgan fingerprint density at radius 2 is 1.83 bits per heavy atom. The molecule has 1 aromatic rings. The predicted octanol–water partition coefficient (Wildman–Crippen LogP) is 4.76. The highest BCUT2D eigenvalue weighted by atomic mass is 35.5. The van der Waals surface area contributed by atoms with Crippen molar-refractivity contribution in [2.45, 2.75) is 51.6 Å². The first-order valence-electron chi connectivity index (χ1n) is 7.03. The minimum atomic E-state index is -0.795. The molecule has 100 valence electrons. The van der Waals surface area contributed by atoms with Gasteiger partial charge in [-0.2, -0.15) is 0 Å². The van der Waals surface area contributed by atoms with Crippen molar-refractivity contribution in [3.8, 4) is 0 Å². The molecule has 0 heterocycles. The second kappa shape index (κ2) is 5.63. The van der Waals surface area contributed by atoms with Crippen LogP contribution >= 0.6 is 11.6 Å². The third-order valence-corrected chi connectivity index (χ3v) is 4.97. The molecule has 1 aliphatic carbocycles. The van der Waals surface area contributed by atoms with E-state index in [9.17, 15) is 5.11 Å². The Kier molecular flexibility index (Phi) is 4.34. The van der Waals surface area contributed by atoms with E-state index in [1.165, 1.54) is 19.3 Å². The van der Waals surface area contributed by atoms with Gasteiger partial charge in [-0.3, -0.25) is 0 Å². The molecule has 1 atom stereocenters. The normalized spacial score (nSPS) is 27.8. The van der Waals surface area contributed by atoms with Crippen molar-refractivity contribution in [3.63, 3.8) is 0 Å². The average molecular weight is 267 g/mol. The molecular formula is C16H23ClO. The molecular weight excluding hydrogens is 244 g/mol. The minimum Gasteiger partial charge on any atom is -0.385 e. The van der Waals surface area contributed by atoms with Gasteiger partial charge in [0.05, 0.1) is 5.60 Å². The molecule has 0 saturated heterocycles. The van der Waals surface area contributed by atoms with Gasteiger partial charge in [-0.05, 0) is 37.7 Å². The molecule has 2 rings (SSSR count). The molecule has 1 saturated carbocycles. The topological polar surface area (TPSA) is 20.2 Å². The van der Waals surface area contributed by atoms with Crippen LogP contribution in [0.4, 0.5) is 0 Å². The van der Waals surface area contributed by atoms with E-state index < -0.39 is 5.60 Å². The number of hydrogen-bond acceptors (Lipinski definition) is 1. The molecule has 0 aromatic heterocycles. The van der Waals surface area contributed by atoms with Gasteiger partial charge in [-0.15, -0.1) is 0 Å². The lowest BCUT2D eigenvalue weighted by atomic mass is 9.71. The number of aliphatic hydroxyl groups is 1. The summed E-state index contributed by atoms with van der Waals surface area (Å²) in [6, 6.07) is 7.68. The summed E-state index contributed by atoms with van der Waals surface area (Å²) in [5, 5.41) is 11.5. The lowest BCUT2D eigenvalue weighted by Crippen LogP contribution is -2.34. The van der Waals surface area contributed by atoms with Gasteiger partial charge in [-0.1, -0.05) is 56.0 Å². The molecule has 2 heteroatoms. The third-order valence-electron chi connectivity index (χ3n) is 4.64. The zero-order valence-corrected chi connectivity index (χ0v) is 12.1. The van der Waals surface area contributed by atoms with E-state index in [0.29, 0.717) is 10.9 Å². The van der Waals surface area contributed by atoms with E-state index in [4.69, 9.17) is 11.6 Å². The van der Waals surface area contributed by atoms with Crippen LogP contribution in [0, 0.1) is 11.8 Å². The standard InChI is InChI=1S/C16H23ClO/c1-3-12-8-10-13(11-9-12)16(2,18)14-6-4-5-7-15(14)17/h4-7,12-13,18H,3,8-11H2,1-2H3. The van der Waals surface area contributed by atoms with E-state index in [1.54, 1.807) is 0 Å². The maximum atomic E-state index is 10.9. The van der Waals surface area contributed by atoms with Crippen molar-refractivity contribution in [1.29, 1.82) is 0 Å². The molecule has 0 spiro atoms. The maximum Gasteiger partial charge on any atom is 0.0910 e. The fourth-order valence-corrected chi connectivity index (χ4v) is 3.55. The van der Waals surface area contributed by atoms with Gasteiger partial charge >= 0.3 is 0 Å². The summed E-state index contributed by atoms with van der Waals surface area (Å²) >= 11 is 6.22. The molecule has 0 amide bonds. The summed E-state index contributed by atoms with van der Waals surface area (Å²) < 4.78 is 0. The Morgan fingerprint density at radius 3 is 2.39 bits per heavy atom. The molecule has 18 heavy (non-hydrogen) atoms. The SMILES string of the molecule is CCC1CCC(C(C)(O)c2ccccc2Cl)CC1. The van der Waals surface area contributed by atoms with E-state index in [0.717, 1.165) is 24.3 Å². The van der Waals surface area contributed by atoms with Crippen LogP contribution in [0.5, 0.6) is 0 Å². The average Bonchev–Trinajstić information content (AvgIpc) is 2.39. The van der Waals surface area contributed by atoms with E-state index in [2.05, 4.69) is 6.92 Å². The zero-order chi connectivity index (χ0) is 13.2. The Balaban J connectivity index is 2.14. The van der Waals surface area contributed by atoms with Crippen LogP contribution in [0.2, 0.25) is 5.02 Å². The van der Waals surface area contributed by atoms with Crippen molar-refractivity contribution in [3.05, 3.63) is 34.9 Å². The van der Waals surface area contributed by atoms with E-state index in [-0.39, 0.29) is 0 Å². The van der Waals surface area contributed by atoms with Crippen LogP contribution in [0.3, 0.4) is 0 Å². The zero-order valence-electron chi connectivity index (χ0n) is 11.3. The lowest BCUT2D eigenvalue weighted by Gasteiger charge is -2.38. The quantitative estimate of drug-likeness (QED) is 0.836. The van der Waals surface area contributed by atoms with Gasteiger partial charge in [0, 0.05) is 10.6 Å². The van der Waals surface area contributed by atoms with Crippen LogP contribution < -0.4 is 0 Å². The van der Waals surface area contributed by atoms with Crippen LogP contribution in [-0.2, 0) is 5.60 Å². The van der Waals surface area contributed by atoms with Gasteiger partial charge in [0.2, 0.25) is 0 Å². The van der Waals surface area contributed by atoms with Gasteiger partial charge in [0.15, 0.2) is 0 Å². The largest absolute Gasteiger partial charge is 0.385 e. The number of rotatable bonds is 3. The lowest BCUT2D eigenvalue weighted by molar-refractivity contribution is -0.0275. The highest BCUT2D eigenvalue weighted by Gasteiger charge is 2.37. The summed E-state index contributed by atoms with van der Waals surface area (Å²) in [4.78, 5) is 0. The van der Waals surface area contributed by atoms with E-state index in [1.807, 2.05) is 31.2 Å². The summed E-state index contributed by atoms with van der Waals surface area (Å²) in [6.07, 6.45) is 5.96. The Morgan fingerprint density at radius 1 is 1.22 bits per heavy atom. The highest BCUT2D eigenvalue weighted by Crippen LogP contribution is 2.43. The van der Waals surface area contributed by atoms with Crippen molar-refractivity contribution in [2.75, 3.05) is 0 Å². The summed E-state index contributed by atoms with van der Waals surface area (Å²) in [5.74, 6) is 1.18. The fourth-order valence-electron chi connectivity index (χ4n) is 3.22. The monoisotopic (exact) mass is 266 g/mol. The fraction of sp³-hybridized carbons (Fsp3) is 0.625. The predicted molar refractivity (Wildman–Crippen MR) is 76.8 cm³/mol. The first-order chi connectivity index (χ1) is 8.55. The second-order valence-corrected chi connectivity index (χ2v) is 6.16. The molecule has 1 unspecified atom stereocenters. The van der Waals surface area contributed by atoms with Gasteiger partial charge < -0.3 is 5.11 Å². The van der Waals surface area contributed by atoms with Crippen LogP contribution in [0.15, 0.2) is 24.3 Å². The highest BCUT2D eigenvalue weighted by molar-refractivity contribution is 6.31. The molecule has 1 aromatic carbocycles. The summed E-state index contributed by atoms with van der Waals surface area (Å²) in [6.45, 7) is 4.18. The summed E-state index contributed by atoms with van der Waals surface area (Å²) in [5.41, 5.74) is 0.0865. The van der Waals surface area contributed by atoms with Crippen LogP contribution in [0.25, 0.3) is 0 Å². The molecule has 1 nitrogen and oxygen atoms in total. The van der Waals surface area contributed by atoms with Gasteiger partial charge in [-0.25, -0.2) is 0 Å². The number of halogens is 1. The minimum absolute atomic E-state index is 0.334. The molecule has 1 fully saturated rings. The molecule has 1 N–H and O–H groups in total. The molecule has 0 radical (unpaired) electrons. The van der Waals surface area contributed by atoms with Gasteiger partial charge in [0.25, 0.3) is 0 Å². The van der Waals surface area contributed by atoms with Gasteiger partial charge in [0.1, 0.15) is 0 Å². The van der Waals surface area contributed by atoms with E-state index >= 15 is 0 Å². The molecule has 1 aliphatic rings. The second-order valence-electron chi connectivity index (χ2n) is 5.75. The Hall–Kier alpha value is -0.530. The Labute approximate surface area is 115 Å². The molecule has 0 aliphatic heterocycles. The van der Waals surface area contributed by atoms with Crippen LogP contribution in [0.1, 0.15) is 51.5 Å². The number of benzene rings is 1. The number of hydrogen-bond donors (Lipinski definition) is 1. The van der Waals surface area contributed by atoms with Crippen LogP contribution in [-0.4, -0.2) is 5.11 Å². The molecule has 0 bridgehead atoms. The summed E-state index contributed by atoms with van der Waals surface area (Å²) in [7, 11) is 0. The van der Waals surface area contributed by atoms with Crippen molar-refractivity contribution in [1.82, 2.24) is 0 Å². The van der Waals surface area contributed by atoms with Crippen molar-refractivity contribution in [2.24, 2.45) is 11.8 Å². The Bertz CT molecular complexity index is 392. The first-order valence-corrected chi connectivity index (χ1v) is 7.40. The first kappa shape index (κ1) is 13.9. The third kappa shape index (κ3) is 2.73. The van der Waals surface area contributed by atoms with Crippen molar-refractivity contribution < 1.29 is 5.11 Å². The smallest absolute Gasteiger partial charge is 0.0910 e. The van der Waals surface area contributed by atoms with Crippen molar-refractivity contribution >= 4 is 11.6 Å². The maximum absolute atomic E-state index is 10.9.